The molecular weight excluding hydrogens is 462 g/mol. The van der Waals surface area contributed by atoms with E-state index >= 15 is 0 Å². The lowest BCUT2D eigenvalue weighted by Crippen LogP contribution is -2.27. The summed E-state index contributed by atoms with van der Waals surface area (Å²) in [6.45, 7) is 2.01. The minimum atomic E-state index is -0.491. The molecule has 7 heteroatoms. The molecule has 4 aromatic rings. The lowest BCUT2D eigenvalue weighted by Gasteiger charge is -2.14. The quantitative estimate of drug-likeness (QED) is 0.351. The molecule has 176 valence electrons. The Morgan fingerprint density at radius 1 is 1.06 bits per heavy atom. The molecule has 6 nitrogen and oxygen atoms in total. The highest BCUT2D eigenvalue weighted by Crippen LogP contribution is 2.31. The third kappa shape index (κ3) is 4.70. The molecule has 0 bridgehead atoms. The zero-order valence-electron chi connectivity index (χ0n) is 19.2. The second kappa shape index (κ2) is 9.76. The van der Waals surface area contributed by atoms with Crippen LogP contribution in [0.15, 0.2) is 78.9 Å². The third-order valence-corrected chi connectivity index (χ3v) is 6.40. The fourth-order valence-corrected chi connectivity index (χ4v) is 4.54. The summed E-state index contributed by atoms with van der Waals surface area (Å²) in [5.74, 6) is -0.613. The number of hydrogen-bond donors (Lipinski definition) is 1. The monoisotopic (exact) mass is 485 g/mol. The number of nitrogens with zero attached hydrogens (tertiary/aromatic N) is 2. The fraction of sp³-hybridized carbons (Fsp3) is 0.179. The van der Waals surface area contributed by atoms with Crippen molar-refractivity contribution in [3.63, 3.8) is 0 Å². The van der Waals surface area contributed by atoms with E-state index in [0.29, 0.717) is 22.0 Å². The van der Waals surface area contributed by atoms with Gasteiger partial charge in [0.1, 0.15) is 0 Å². The van der Waals surface area contributed by atoms with E-state index < -0.39 is 5.97 Å². The van der Waals surface area contributed by atoms with E-state index in [1.807, 2.05) is 36.4 Å². The molecule has 1 aromatic heterocycles. The fourth-order valence-electron chi connectivity index (χ4n) is 4.41. The maximum Gasteiger partial charge on any atom is 0.358 e. The first kappa shape index (κ1) is 22.9. The van der Waals surface area contributed by atoms with Crippen molar-refractivity contribution in [3.05, 3.63) is 106 Å². The van der Waals surface area contributed by atoms with E-state index in [0.717, 1.165) is 18.4 Å². The second-order valence-corrected chi connectivity index (χ2v) is 8.80. The molecule has 0 radical (unpaired) electrons. The number of aromatic nitrogens is 2. The molecule has 1 N–H and O–H groups in total. The molecule has 0 spiro atoms. The molecule has 1 atom stereocenters. The summed E-state index contributed by atoms with van der Waals surface area (Å²) in [7, 11) is 0. The van der Waals surface area contributed by atoms with Crippen LogP contribution >= 0.6 is 11.6 Å². The van der Waals surface area contributed by atoms with Gasteiger partial charge in [-0.25, -0.2) is 9.48 Å². The maximum atomic E-state index is 12.9. The van der Waals surface area contributed by atoms with E-state index in [1.54, 1.807) is 41.9 Å². The molecule has 1 aliphatic carbocycles. The lowest BCUT2D eigenvalue weighted by atomic mass is 10.1. The van der Waals surface area contributed by atoms with Crippen molar-refractivity contribution < 1.29 is 14.3 Å². The van der Waals surface area contributed by atoms with Crippen LogP contribution in [0.2, 0.25) is 5.02 Å². The van der Waals surface area contributed by atoms with Gasteiger partial charge in [-0.05, 0) is 73.4 Å². The summed E-state index contributed by atoms with van der Waals surface area (Å²) in [5, 5.41) is 8.26. The summed E-state index contributed by atoms with van der Waals surface area (Å²) in [6.07, 6.45) is 1.87. The van der Waals surface area contributed by atoms with E-state index in [-0.39, 0.29) is 24.2 Å². The van der Waals surface area contributed by atoms with Crippen molar-refractivity contribution in [2.24, 2.45) is 0 Å². The number of aryl methyl sites for hydroxylation is 1. The summed E-state index contributed by atoms with van der Waals surface area (Å²) >= 11 is 6.05. The number of halogens is 1. The van der Waals surface area contributed by atoms with Crippen LogP contribution in [0.3, 0.4) is 0 Å². The Kier molecular flexibility index (Phi) is 6.38. The third-order valence-electron chi connectivity index (χ3n) is 6.15. The van der Waals surface area contributed by atoms with Gasteiger partial charge in [-0.1, -0.05) is 48.0 Å². The van der Waals surface area contributed by atoms with Gasteiger partial charge in [0.2, 0.25) is 0 Å². The normalized spacial score (nSPS) is 14.4. The lowest BCUT2D eigenvalue weighted by molar-refractivity contribution is 0.0518. The van der Waals surface area contributed by atoms with Gasteiger partial charge in [0, 0.05) is 16.1 Å². The van der Waals surface area contributed by atoms with Crippen LogP contribution in [0.4, 0.5) is 0 Å². The average molecular weight is 486 g/mol. The molecule has 1 heterocycles. The van der Waals surface area contributed by atoms with Gasteiger partial charge in [0.05, 0.1) is 24.0 Å². The summed E-state index contributed by atoms with van der Waals surface area (Å²) in [4.78, 5) is 25.3. The van der Waals surface area contributed by atoms with Gasteiger partial charge in [0.25, 0.3) is 5.91 Å². The SMILES string of the molecule is CCOC(=O)c1cc(-c2ccc(Cl)cc2)n(-c2ccc(C(=O)NC3CCc4ccccc43)cc2)n1. The highest BCUT2D eigenvalue weighted by molar-refractivity contribution is 6.30. The summed E-state index contributed by atoms with van der Waals surface area (Å²) < 4.78 is 6.81. The van der Waals surface area contributed by atoms with Gasteiger partial charge in [-0.3, -0.25) is 4.79 Å². The van der Waals surface area contributed by atoms with E-state index in [2.05, 4.69) is 22.5 Å². The zero-order chi connectivity index (χ0) is 24.4. The number of esters is 1. The van der Waals surface area contributed by atoms with Crippen LogP contribution in [-0.2, 0) is 11.2 Å². The van der Waals surface area contributed by atoms with Crippen molar-refractivity contribution in [2.75, 3.05) is 6.61 Å². The topological polar surface area (TPSA) is 73.2 Å². The Hall–Kier alpha value is -3.90. The van der Waals surface area contributed by atoms with E-state index in [1.165, 1.54) is 11.1 Å². The zero-order valence-corrected chi connectivity index (χ0v) is 20.0. The van der Waals surface area contributed by atoms with Crippen LogP contribution in [0.1, 0.15) is 51.4 Å². The van der Waals surface area contributed by atoms with Crippen molar-refractivity contribution in [1.82, 2.24) is 15.1 Å². The van der Waals surface area contributed by atoms with Gasteiger partial charge >= 0.3 is 5.97 Å². The van der Waals surface area contributed by atoms with Crippen LogP contribution < -0.4 is 5.32 Å². The molecule has 1 unspecified atom stereocenters. The Bertz CT molecular complexity index is 1380. The molecule has 1 amide bonds. The smallest absolute Gasteiger partial charge is 0.358 e. The number of fused-ring (bicyclic) bond motifs is 1. The molecule has 0 fully saturated rings. The summed E-state index contributed by atoms with van der Waals surface area (Å²) in [6, 6.07) is 24.4. The van der Waals surface area contributed by atoms with E-state index in [9.17, 15) is 9.59 Å². The minimum absolute atomic E-state index is 0.0214. The van der Waals surface area contributed by atoms with Crippen LogP contribution in [0.5, 0.6) is 0 Å². The Labute approximate surface area is 208 Å². The highest BCUT2D eigenvalue weighted by Gasteiger charge is 2.24. The van der Waals surface area contributed by atoms with Crippen molar-refractivity contribution in [2.45, 2.75) is 25.8 Å². The predicted octanol–water partition coefficient (Wildman–Crippen LogP) is 5.79. The largest absolute Gasteiger partial charge is 0.461 e. The molecule has 5 rings (SSSR count). The van der Waals surface area contributed by atoms with Crippen molar-refractivity contribution in [3.8, 4) is 16.9 Å². The number of benzene rings is 3. The number of hydrogen-bond acceptors (Lipinski definition) is 4. The molecule has 0 saturated carbocycles. The van der Waals surface area contributed by atoms with Gasteiger partial charge in [0.15, 0.2) is 5.69 Å². The van der Waals surface area contributed by atoms with Gasteiger partial charge in [-0.2, -0.15) is 5.10 Å². The minimum Gasteiger partial charge on any atom is -0.461 e. The highest BCUT2D eigenvalue weighted by atomic mass is 35.5. The Morgan fingerprint density at radius 2 is 1.80 bits per heavy atom. The van der Waals surface area contributed by atoms with Crippen molar-refractivity contribution in [1.29, 1.82) is 0 Å². The first-order valence-electron chi connectivity index (χ1n) is 11.6. The van der Waals surface area contributed by atoms with Gasteiger partial charge in [-0.15, -0.1) is 0 Å². The van der Waals surface area contributed by atoms with Gasteiger partial charge < -0.3 is 10.1 Å². The predicted molar refractivity (Wildman–Crippen MR) is 135 cm³/mol. The average Bonchev–Trinajstić information content (AvgIpc) is 3.50. The Balaban J connectivity index is 1.41. The first-order chi connectivity index (χ1) is 17.0. The standard InChI is InChI=1S/C28H24ClN3O3/c1-2-35-28(34)25-17-26(19-7-12-21(29)13-8-19)32(31-25)22-14-9-20(10-15-22)27(33)30-24-16-11-18-5-3-4-6-23(18)24/h3-10,12-15,17,24H,2,11,16H2,1H3,(H,30,33). The molecule has 1 aliphatic rings. The maximum absolute atomic E-state index is 12.9. The Morgan fingerprint density at radius 3 is 2.54 bits per heavy atom. The molecular formula is C28H24ClN3O3. The number of amides is 1. The van der Waals surface area contributed by atoms with Crippen molar-refractivity contribution >= 4 is 23.5 Å². The number of nitrogens with one attached hydrogen (secondary N) is 1. The molecule has 35 heavy (non-hydrogen) atoms. The van der Waals surface area contributed by atoms with E-state index in [4.69, 9.17) is 16.3 Å². The summed E-state index contributed by atoms with van der Waals surface area (Å²) in [5.41, 5.74) is 5.52. The first-order valence-corrected chi connectivity index (χ1v) is 11.9. The number of rotatable bonds is 6. The van der Waals surface area contributed by atoms with Crippen LogP contribution in [0, 0.1) is 0 Å². The number of ether oxygens (including phenoxy) is 1. The molecule has 0 saturated heterocycles. The molecule has 3 aromatic carbocycles. The van der Waals surface area contributed by atoms with Crippen LogP contribution in [0.25, 0.3) is 16.9 Å². The number of carbonyl (C=O) groups excluding carboxylic acids is 2. The molecule has 0 aliphatic heterocycles. The van der Waals surface area contributed by atoms with Crippen LogP contribution in [-0.4, -0.2) is 28.3 Å². The second-order valence-electron chi connectivity index (χ2n) is 8.36. The number of carbonyl (C=O) groups is 2.